The molecule has 6 rings (SSSR count). The Hall–Kier alpha value is -4.54. The van der Waals surface area contributed by atoms with E-state index in [9.17, 15) is 19.2 Å². The molecule has 3 aromatic carbocycles. The number of nitrogens with zero attached hydrogens (tertiary/aromatic N) is 1. The van der Waals surface area contributed by atoms with Crippen LogP contribution in [0, 0.1) is 0 Å². The van der Waals surface area contributed by atoms with Gasteiger partial charge in [-0.3, -0.25) is 24.1 Å². The number of carbonyl (C=O) groups is 4. The van der Waals surface area contributed by atoms with Gasteiger partial charge < -0.3 is 24.8 Å². The monoisotopic (exact) mass is 583 g/mol. The predicted octanol–water partition coefficient (Wildman–Crippen LogP) is 3.29. The Morgan fingerprint density at radius 2 is 1.58 bits per heavy atom. The van der Waals surface area contributed by atoms with Crippen LogP contribution >= 0.6 is 0 Å². The van der Waals surface area contributed by atoms with Gasteiger partial charge in [-0.25, -0.2) is 0 Å². The smallest absolute Gasteiger partial charge is 0.261 e. The van der Waals surface area contributed by atoms with Crippen molar-refractivity contribution in [3.8, 4) is 5.75 Å². The number of hydrogen-bond acceptors (Lipinski definition) is 7. The van der Waals surface area contributed by atoms with Crippen LogP contribution < -0.4 is 15.4 Å². The zero-order valence-corrected chi connectivity index (χ0v) is 24.1. The summed E-state index contributed by atoms with van der Waals surface area (Å²) in [4.78, 5) is 52.9. The molecule has 4 amide bonds. The third-order valence-electron chi connectivity index (χ3n) is 8.54. The average Bonchev–Trinajstić information content (AvgIpc) is 3.56. The van der Waals surface area contributed by atoms with Crippen LogP contribution in [0.1, 0.15) is 72.3 Å². The topological polar surface area (TPSA) is 123 Å². The Labute approximate surface area is 249 Å². The van der Waals surface area contributed by atoms with Crippen molar-refractivity contribution in [2.45, 2.75) is 37.5 Å². The van der Waals surface area contributed by atoms with Crippen LogP contribution in [0.3, 0.4) is 0 Å². The first-order valence-electron chi connectivity index (χ1n) is 14.4. The zero-order chi connectivity index (χ0) is 30.1. The van der Waals surface area contributed by atoms with E-state index in [0.717, 1.165) is 17.5 Å². The maximum atomic E-state index is 13.3. The number of carbonyl (C=O) groups excluding carboxylic acids is 4. The summed E-state index contributed by atoms with van der Waals surface area (Å²) in [6, 6.07) is 19.6. The lowest BCUT2D eigenvalue weighted by Crippen LogP contribution is -2.50. The van der Waals surface area contributed by atoms with E-state index in [1.807, 2.05) is 36.4 Å². The van der Waals surface area contributed by atoms with E-state index in [2.05, 4.69) is 17.6 Å². The summed E-state index contributed by atoms with van der Waals surface area (Å²) < 4.78 is 17.7. The van der Waals surface area contributed by atoms with Crippen molar-refractivity contribution in [1.29, 1.82) is 0 Å². The molecule has 43 heavy (non-hydrogen) atoms. The van der Waals surface area contributed by atoms with Crippen molar-refractivity contribution in [3.05, 3.63) is 100 Å². The number of imide groups is 1. The van der Waals surface area contributed by atoms with Crippen molar-refractivity contribution in [1.82, 2.24) is 15.5 Å². The molecule has 2 N–H and O–H groups in total. The highest BCUT2D eigenvalue weighted by Crippen LogP contribution is 2.47. The molecule has 0 aliphatic carbocycles. The van der Waals surface area contributed by atoms with Crippen molar-refractivity contribution in [2.75, 3.05) is 33.4 Å². The molecule has 222 valence electrons. The largest absolute Gasteiger partial charge is 0.491 e. The molecule has 0 unspecified atom stereocenters. The van der Waals surface area contributed by atoms with Gasteiger partial charge in [-0.15, -0.1) is 0 Å². The molecule has 3 aliphatic rings. The molecule has 3 aromatic rings. The molecule has 1 fully saturated rings. The third kappa shape index (κ3) is 4.96. The van der Waals surface area contributed by atoms with E-state index in [1.165, 1.54) is 4.90 Å². The summed E-state index contributed by atoms with van der Waals surface area (Å²) in [5.41, 5.74) is 2.82. The van der Waals surface area contributed by atoms with Crippen LogP contribution in [0.5, 0.6) is 5.75 Å². The van der Waals surface area contributed by atoms with Gasteiger partial charge in [0.15, 0.2) is 6.29 Å². The number of rotatable bonds is 8. The third-order valence-corrected chi connectivity index (χ3v) is 8.54. The normalized spacial score (nSPS) is 22.5. The lowest BCUT2D eigenvalue weighted by molar-refractivity contribution is -0.198. The van der Waals surface area contributed by atoms with Gasteiger partial charge in [0.2, 0.25) is 0 Å². The van der Waals surface area contributed by atoms with Crippen molar-refractivity contribution in [3.63, 3.8) is 0 Å². The Morgan fingerprint density at radius 3 is 2.21 bits per heavy atom. The van der Waals surface area contributed by atoms with Gasteiger partial charge in [0.1, 0.15) is 12.4 Å². The van der Waals surface area contributed by atoms with E-state index in [1.54, 1.807) is 37.4 Å². The highest BCUT2D eigenvalue weighted by molar-refractivity contribution is 6.21. The molecule has 0 radical (unpaired) electrons. The number of benzene rings is 3. The second kappa shape index (κ2) is 11.6. The number of ether oxygens (including phenoxy) is 3. The van der Waals surface area contributed by atoms with Crippen LogP contribution in [-0.2, 0) is 14.9 Å². The lowest BCUT2D eigenvalue weighted by Gasteiger charge is -2.33. The SMILES string of the molecule is CC[C@@]1(c2ccccc2)COc2c(C(=O)NC)cc(C(=O)NCCC3OCC(N4C(=O)c5ccccc5C4=O)CO3)cc21. The Balaban J connectivity index is 1.11. The Morgan fingerprint density at radius 1 is 0.930 bits per heavy atom. The van der Waals surface area contributed by atoms with E-state index in [0.29, 0.717) is 41.0 Å². The Kier molecular flexibility index (Phi) is 7.72. The molecule has 0 spiro atoms. The highest BCUT2D eigenvalue weighted by atomic mass is 16.7. The van der Waals surface area contributed by atoms with E-state index in [-0.39, 0.29) is 43.4 Å². The van der Waals surface area contributed by atoms with Crippen LogP contribution in [-0.4, -0.2) is 74.3 Å². The fraction of sp³-hybridized carbons (Fsp3) is 0.333. The fourth-order valence-corrected chi connectivity index (χ4v) is 6.13. The molecule has 10 nitrogen and oxygen atoms in total. The quantitative estimate of drug-likeness (QED) is 0.390. The molecule has 0 aromatic heterocycles. The van der Waals surface area contributed by atoms with Crippen LogP contribution in [0.2, 0.25) is 0 Å². The summed E-state index contributed by atoms with van der Waals surface area (Å²) in [6.07, 6.45) is 0.479. The molecule has 10 heteroatoms. The van der Waals surface area contributed by atoms with Gasteiger partial charge in [-0.2, -0.15) is 0 Å². The minimum atomic E-state index is -0.604. The highest BCUT2D eigenvalue weighted by Gasteiger charge is 2.44. The maximum absolute atomic E-state index is 13.3. The summed E-state index contributed by atoms with van der Waals surface area (Å²) in [5.74, 6) is -0.865. The first-order valence-corrected chi connectivity index (χ1v) is 14.4. The van der Waals surface area contributed by atoms with Crippen molar-refractivity contribution >= 4 is 23.6 Å². The van der Waals surface area contributed by atoms with Gasteiger partial charge >= 0.3 is 0 Å². The predicted molar refractivity (Wildman–Crippen MR) is 156 cm³/mol. The van der Waals surface area contributed by atoms with Gasteiger partial charge in [0.25, 0.3) is 23.6 Å². The molecule has 1 atom stereocenters. The van der Waals surface area contributed by atoms with Gasteiger partial charge in [-0.1, -0.05) is 49.4 Å². The first-order chi connectivity index (χ1) is 20.9. The molecule has 3 aliphatic heterocycles. The summed E-state index contributed by atoms with van der Waals surface area (Å²) in [7, 11) is 1.55. The van der Waals surface area contributed by atoms with E-state index in [4.69, 9.17) is 14.2 Å². The van der Waals surface area contributed by atoms with Gasteiger partial charge in [0.05, 0.1) is 41.4 Å². The van der Waals surface area contributed by atoms with Crippen molar-refractivity contribution in [2.24, 2.45) is 0 Å². The second-order valence-electron chi connectivity index (χ2n) is 10.9. The fourth-order valence-electron chi connectivity index (χ4n) is 6.13. The molecular weight excluding hydrogens is 550 g/mol. The molecular formula is C33H33N3O7. The van der Waals surface area contributed by atoms with Gasteiger partial charge in [0, 0.05) is 31.1 Å². The second-order valence-corrected chi connectivity index (χ2v) is 10.9. The summed E-state index contributed by atoms with van der Waals surface area (Å²) >= 11 is 0. The molecule has 3 heterocycles. The van der Waals surface area contributed by atoms with E-state index < -0.39 is 17.7 Å². The van der Waals surface area contributed by atoms with Crippen LogP contribution in [0.15, 0.2) is 66.7 Å². The maximum Gasteiger partial charge on any atom is 0.261 e. The standard InChI is InChI=1S/C33H33N3O7/c1-3-33(21-9-5-4-6-10-21)19-43-28-25(30(38)34-2)15-20(16-26(28)33)29(37)35-14-13-27-41-17-22(18-42-27)36-31(39)23-11-7-8-12-24(23)32(36)40/h4-12,15-16,22,27H,3,13-14,17-19H2,1-2H3,(H,34,38)(H,35,37)/t22?,27?,33-/m0/s1. The summed E-state index contributed by atoms with van der Waals surface area (Å²) in [6.45, 7) is 2.98. The molecule has 1 saturated heterocycles. The lowest BCUT2D eigenvalue weighted by atomic mass is 9.73. The van der Waals surface area contributed by atoms with Gasteiger partial charge in [-0.05, 0) is 36.2 Å². The van der Waals surface area contributed by atoms with E-state index >= 15 is 0 Å². The van der Waals surface area contributed by atoms with Crippen molar-refractivity contribution < 1.29 is 33.4 Å². The molecule has 0 bridgehead atoms. The average molecular weight is 584 g/mol. The number of hydrogen-bond donors (Lipinski definition) is 2. The zero-order valence-electron chi connectivity index (χ0n) is 24.1. The van der Waals surface area contributed by atoms with Crippen LogP contribution in [0.25, 0.3) is 0 Å². The minimum Gasteiger partial charge on any atom is -0.491 e. The number of amides is 4. The Bertz CT molecular complexity index is 1550. The number of nitrogens with one attached hydrogen (secondary N) is 2. The first kappa shape index (κ1) is 28.6. The summed E-state index contributed by atoms with van der Waals surface area (Å²) in [5, 5.41) is 5.56. The van der Waals surface area contributed by atoms with Crippen LogP contribution in [0.4, 0.5) is 0 Å². The number of fused-ring (bicyclic) bond motifs is 2. The minimum absolute atomic E-state index is 0.142. The molecule has 0 saturated carbocycles.